The van der Waals surface area contributed by atoms with Crippen LogP contribution in [0.4, 0.5) is 5.69 Å². The fourth-order valence-electron chi connectivity index (χ4n) is 3.99. The summed E-state index contributed by atoms with van der Waals surface area (Å²) in [5.74, 6) is -0.462. The topological polar surface area (TPSA) is 41.9 Å². The Kier molecular flexibility index (Phi) is 3.07. The third-order valence-corrected chi connectivity index (χ3v) is 5.23. The molecule has 3 heterocycles. The van der Waals surface area contributed by atoms with Crippen molar-refractivity contribution in [2.45, 2.75) is 49.8 Å². The fourth-order valence-corrected chi connectivity index (χ4v) is 3.99. The molecule has 0 aromatic heterocycles. The third-order valence-electron chi connectivity index (χ3n) is 5.23. The standard InChI is InChI=1S/C17H20N2O2/c1-19-11-6-7-12(19)9-13(8-11)21-17(20)15-10-18-16-5-3-2-4-14(15)16/h2-5,10-13,15H,6-9H2,1H3/t11-,12-,15+/m0/s1. The Balaban J connectivity index is 1.45. The second-order valence-electron chi connectivity index (χ2n) is 6.40. The molecule has 0 N–H and O–H groups in total. The maximum Gasteiger partial charge on any atom is 0.319 e. The monoisotopic (exact) mass is 284 g/mol. The van der Waals surface area contributed by atoms with Crippen molar-refractivity contribution < 1.29 is 9.53 Å². The van der Waals surface area contributed by atoms with Crippen LogP contribution in [-0.4, -0.2) is 42.3 Å². The molecule has 4 nitrogen and oxygen atoms in total. The Morgan fingerprint density at radius 2 is 1.95 bits per heavy atom. The van der Waals surface area contributed by atoms with E-state index in [1.54, 1.807) is 6.21 Å². The summed E-state index contributed by atoms with van der Waals surface area (Å²) in [6.45, 7) is 0. The van der Waals surface area contributed by atoms with Gasteiger partial charge in [0.15, 0.2) is 0 Å². The number of aliphatic imine (C=N–C) groups is 1. The third kappa shape index (κ3) is 2.18. The smallest absolute Gasteiger partial charge is 0.319 e. The Morgan fingerprint density at radius 3 is 2.71 bits per heavy atom. The molecule has 4 rings (SSSR count). The van der Waals surface area contributed by atoms with Gasteiger partial charge in [0, 0.05) is 18.3 Å². The number of fused-ring (bicyclic) bond motifs is 3. The van der Waals surface area contributed by atoms with Crippen molar-refractivity contribution in [3.8, 4) is 0 Å². The van der Waals surface area contributed by atoms with Crippen LogP contribution >= 0.6 is 0 Å². The van der Waals surface area contributed by atoms with Gasteiger partial charge in [-0.15, -0.1) is 0 Å². The Morgan fingerprint density at radius 1 is 1.24 bits per heavy atom. The fraction of sp³-hybridized carbons (Fsp3) is 0.529. The highest BCUT2D eigenvalue weighted by Gasteiger charge is 2.40. The van der Waals surface area contributed by atoms with Crippen LogP contribution in [0.15, 0.2) is 29.3 Å². The minimum atomic E-state index is -0.321. The lowest BCUT2D eigenvalue weighted by molar-refractivity contribution is -0.152. The predicted molar refractivity (Wildman–Crippen MR) is 81.0 cm³/mol. The number of para-hydroxylation sites is 1. The van der Waals surface area contributed by atoms with E-state index in [0.717, 1.165) is 24.1 Å². The molecule has 3 atom stereocenters. The van der Waals surface area contributed by atoms with Crippen molar-refractivity contribution in [3.05, 3.63) is 29.8 Å². The number of carbonyl (C=O) groups is 1. The number of hydrogen-bond acceptors (Lipinski definition) is 4. The van der Waals surface area contributed by atoms with E-state index < -0.39 is 0 Å². The molecule has 0 unspecified atom stereocenters. The van der Waals surface area contributed by atoms with Crippen molar-refractivity contribution in [3.63, 3.8) is 0 Å². The minimum Gasteiger partial charge on any atom is -0.462 e. The normalized spacial score (nSPS) is 34.0. The molecule has 0 aliphatic carbocycles. The molecule has 0 spiro atoms. The first-order valence-electron chi connectivity index (χ1n) is 7.78. The molecule has 3 aliphatic rings. The molecular weight excluding hydrogens is 264 g/mol. The van der Waals surface area contributed by atoms with Crippen LogP contribution in [0.25, 0.3) is 0 Å². The number of nitrogens with zero attached hydrogens (tertiary/aromatic N) is 2. The van der Waals surface area contributed by atoms with E-state index in [9.17, 15) is 4.79 Å². The SMILES string of the molecule is CN1[C@H]2CC[C@H]1CC(OC(=O)[C@@H]1C=Nc3ccccc31)C2. The van der Waals surface area contributed by atoms with Crippen LogP contribution in [0.1, 0.15) is 37.2 Å². The van der Waals surface area contributed by atoms with Gasteiger partial charge in [-0.25, -0.2) is 0 Å². The zero-order valence-electron chi connectivity index (χ0n) is 12.2. The van der Waals surface area contributed by atoms with E-state index in [1.807, 2.05) is 24.3 Å². The average Bonchev–Trinajstić information content (AvgIpc) is 2.98. The summed E-state index contributed by atoms with van der Waals surface area (Å²) in [5.41, 5.74) is 1.86. The van der Waals surface area contributed by atoms with E-state index in [4.69, 9.17) is 4.74 Å². The lowest BCUT2D eigenvalue weighted by Gasteiger charge is -2.36. The second kappa shape index (κ2) is 4.95. The molecule has 2 saturated heterocycles. The second-order valence-corrected chi connectivity index (χ2v) is 6.40. The molecule has 0 saturated carbocycles. The van der Waals surface area contributed by atoms with Crippen LogP contribution < -0.4 is 0 Å². The maximum atomic E-state index is 12.5. The highest BCUT2D eigenvalue weighted by atomic mass is 16.5. The summed E-state index contributed by atoms with van der Waals surface area (Å²) in [6.07, 6.45) is 6.23. The molecule has 1 aromatic rings. The first kappa shape index (κ1) is 13.0. The van der Waals surface area contributed by atoms with Gasteiger partial charge >= 0.3 is 5.97 Å². The molecular formula is C17H20N2O2. The van der Waals surface area contributed by atoms with Crippen LogP contribution in [0.3, 0.4) is 0 Å². The summed E-state index contributed by atoms with van der Waals surface area (Å²) in [6, 6.07) is 8.97. The first-order chi connectivity index (χ1) is 10.2. The van der Waals surface area contributed by atoms with Crippen molar-refractivity contribution >= 4 is 17.9 Å². The molecule has 1 aromatic carbocycles. The highest BCUT2D eigenvalue weighted by Crippen LogP contribution is 2.37. The number of ether oxygens (including phenoxy) is 1. The van der Waals surface area contributed by atoms with Gasteiger partial charge in [-0.3, -0.25) is 9.79 Å². The van der Waals surface area contributed by atoms with Gasteiger partial charge in [-0.05, 0) is 44.4 Å². The summed E-state index contributed by atoms with van der Waals surface area (Å²) >= 11 is 0. The van der Waals surface area contributed by atoms with Crippen LogP contribution in [0.2, 0.25) is 0 Å². The highest BCUT2D eigenvalue weighted by molar-refractivity contribution is 6.01. The zero-order valence-corrected chi connectivity index (χ0v) is 12.2. The van der Waals surface area contributed by atoms with Gasteiger partial charge in [0.05, 0.1) is 5.69 Å². The largest absolute Gasteiger partial charge is 0.462 e. The van der Waals surface area contributed by atoms with Crippen LogP contribution in [0, 0.1) is 0 Å². The molecule has 110 valence electrons. The van der Waals surface area contributed by atoms with Gasteiger partial charge in [-0.1, -0.05) is 18.2 Å². The Labute approximate surface area is 124 Å². The molecule has 2 bridgehead atoms. The van der Waals surface area contributed by atoms with Crippen molar-refractivity contribution in [1.82, 2.24) is 4.90 Å². The number of esters is 1. The van der Waals surface area contributed by atoms with Crippen molar-refractivity contribution in [2.24, 2.45) is 4.99 Å². The number of benzene rings is 1. The quantitative estimate of drug-likeness (QED) is 0.784. The zero-order chi connectivity index (χ0) is 14.4. The van der Waals surface area contributed by atoms with Crippen LogP contribution in [-0.2, 0) is 9.53 Å². The van der Waals surface area contributed by atoms with Gasteiger partial charge < -0.3 is 9.64 Å². The molecule has 21 heavy (non-hydrogen) atoms. The number of rotatable bonds is 2. The number of hydrogen-bond donors (Lipinski definition) is 0. The van der Waals surface area contributed by atoms with Gasteiger partial charge in [0.1, 0.15) is 12.0 Å². The molecule has 3 aliphatic heterocycles. The lowest BCUT2D eigenvalue weighted by Crippen LogP contribution is -2.43. The molecule has 0 radical (unpaired) electrons. The Hall–Kier alpha value is -1.68. The number of carbonyl (C=O) groups excluding carboxylic acids is 1. The van der Waals surface area contributed by atoms with E-state index in [-0.39, 0.29) is 18.0 Å². The van der Waals surface area contributed by atoms with E-state index in [2.05, 4.69) is 16.9 Å². The maximum absolute atomic E-state index is 12.5. The van der Waals surface area contributed by atoms with Gasteiger partial charge in [-0.2, -0.15) is 0 Å². The van der Waals surface area contributed by atoms with Gasteiger partial charge in [0.25, 0.3) is 0 Å². The summed E-state index contributed by atoms with van der Waals surface area (Å²) in [7, 11) is 2.19. The Bertz CT molecular complexity index is 584. The molecule has 0 amide bonds. The van der Waals surface area contributed by atoms with Crippen molar-refractivity contribution in [1.29, 1.82) is 0 Å². The van der Waals surface area contributed by atoms with E-state index >= 15 is 0 Å². The summed E-state index contributed by atoms with van der Waals surface area (Å²) in [4.78, 5) is 19.2. The predicted octanol–water partition coefficient (Wildman–Crippen LogP) is 2.65. The summed E-state index contributed by atoms with van der Waals surface area (Å²) in [5, 5.41) is 0. The minimum absolute atomic E-state index is 0.0763. The first-order valence-corrected chi connectivity index (χ1v) is 7.78. The number of piperidine rings is 1. The summed E-state index contributed by atoms with van der Waals surface area (Å²) < 4.78 is 5.80. The lowest BCUT2D eigenvalue weighted by atomic mass is 9.99. The van der Waals surface area contributed by atoms with Gasteiger partial charge in [0.2, 0.25) is 0 Å². The van der Waals surface area contributed by atoms with Crippen LogP contribution in [0.5, 0.6) is 0 Å². The van der Waals surface area contributed by atoms with E-state index in [0.29, 0.717) is 12.1 Å². The van der Waals surface area contributed by atoms with E-state index in [1.165, 1.54) is 12.8 Å². The molecule has 2 fully saturated rings. The molecule has 4 heteroatoms. The average molecular weight is 284 g/mol. The van der Waals surface area contributed by atoms with Crippen molar-refractivity contribution in [2.75, 3.05) is 7.05 Å².